The van der Waals surface area contributed by atoms with Crippen molar-refractivity contribution in [2.75, 3.05) is 0 Å². The predicted octanol–water partition coefficient (Wildman–Crippen LogP) is 7.67. The molecule has 0 aliphatic rings. The molecule has 140 valence electrons. The normalized spacial score (nSPS) is 12.7. The molecule has 1 nitrogen and oxygen atoms in total. The van der Waals surface area contributed by atoms with Gasteiger partial charge in [0.25, 0.3) is 0 Å². The Morgan fingerprint density at radius 1 is 0.522 bits per heavy atom. The first-order valence-electron chi connectivity index (χ1n) is 10.6. The van der Waals surface area contributed by atoms with E-state index in [0.717, 1.165) is 12.8 Å². The van der Waals surface area contributed by atoms with E-state index in [0.29, 0.717) is 0 Å². The third-order valence-corrected chi connectivity index (χ3v) is 5.07. The average Bonchev–Trinajstić information content (AvgIpc) is 2.53. The molecule has 0 bridgehead atoms. The summed E-state index contributed by atoms with van der Waals surface area (Å²) in [6, 6.07) is 0. The minimum Gasteiger partial charge on any atom is -0.383 e. The smallest absolute Gasteiger partial charge is 0.0964 e. The first-order chi connectivity index (χ1) is 11.3. The summed E-state index contributed by atoms with van der Waals surface area (Å²) in [5.41, 5.74) is -0.406. The highest BCUT2D eigenvalue weighted by molar-refractivity contribution is 7.80. The summed E-state index contributed by atoms with van der Waals surface area (Å²) in [6.07, 6.45) is 26.1. The third kappa shape index (κ3) is 22.3. The molecule has 0 radical (unpaired) electrons. The first kappa shape index (κ1) is 23.3. The highest BCUT2D eigenvalue weighted by Gasteiger charge is 1.97. The van der Waals surface area contributed by atoms with E-state index in [9.17, 15) is 0 Å². The van der Waals surface area contributed by atoms with Crippen LogP contribution in [0.1, 0.15) is 129 Å². The van der Waals surface area contributed by atoms with Crippen molar-refractivity contribution in [1.82, 2.24) is 0 Å². The molecule has 0 heterocycles. The molecule has 0 aliphatic carbocycles. The van der Waals surface area contributed by atoms with Crippen LogP contribution in [-0.2, 0) is 0 Å². The van der Waals surface area contributed by atoms with Crippen LogP contribution in [0.4, 0.5) is 0 Å². The van der Waals surface area contributed by atoms with Gasteiger partial charge >= 0.3 is 0 Å². The van der Waals surface area contributed by atoms with E-state index in [2.05, 4.69) is 19.6 Å². The molecule has 23 heavy (non-hydrogen) atoms. The van der Waals surface area contributed by atoms with Crippen molar-refractivity contribution in [3.63, 3.8) is 0 Å². The molecule has 0 aromatic carbocycles. The Bertz CT molecular complexity index is 206. The van der Waals surface area contributed by atoms with E-state index >= 15 is 0 Å². The SMILES string of the molecule is CCCCCCCCCCCCCCCCCCCCC(O)S. The van der Waals surface area contributed by atoms with Crippen molar-refractivity contribution in [2.45, 2.75) is 134 Å². The van der Waals surface area contributed by atoms with Gasteiger partial charge in [0.1, 0.15) is 0 Å². The maximum atomic E-state index is 9.05. The number of hydrogen-bond donors (Lipinski definition) is 2. The molecule has 0 fully saturated rings. The Morgan fingerprint density at radius 2 is 0.783 bits per heavy atom. The maximum Gasteiger partial charge on any atom is 0.0964 e. The van der Waals surface area contributed by atoms with E-state index in [-0.39, 0.29) is 0 Å². The van der Waals surface area contributed by atoms with Crippen molar-refractivity contribution < 1.29 is 5.11 Å². The quantitative estimate of drug-likeness (QED) is 0.140. The lowest BCUT2D eigenvalue weighted by atomic mass is 10.0. The van der Waals surface area contributed by atoms with Crippen LogP contribution in [0, 0.1) is 0 Å². The molecule has 1 N–H and O–H groups in total. The number of aliphatic hydroxyl groups is 1. The lowest BCUT2D eigenvalue weighted by Crippen LogP contribution is -1.94. The third-order valence-electron chi connectivity index (χ3n) is 4.82. The van der Waals surface area contributed by atoms with Gasteiger partial charge in [-0.15, -0.1) is 12.6 Å². The zero-order valence-electron chi connectivity index (χ0n) is 15.9. The Morgan fingerprint density at radius 3 is 1.04 bits per heavy atom. The lowest BCUT2D eigenvalue weighted by molar-refractivity contribution is 0.249. The summed E-state index contributed by atoms with van der Waals surface area (Å²) in [7, 11) is 0. The topological polar surface area (TPSA) is 20.2 Å². The Hall–Kier alpha value is 0.310. The van der Waals surface area contributed by atoms with Crippen LogP contribution in [-0.4, -0.2) is 10.5 Å². The lowest BCUT2D eigenvalue weighted by Gasteiger charge is -2.04. The summed E-state index contributed by atoms with van der Waals surface area (Å²) < 4.78 is 0. The van der Waals surface area contributed by atoms with Gasteiger partial charge in [-0.05, 0) is 6.42 Å². The van der Waals surface area contributed by atoms with Crippen LogP contribution < -0.4 is 0 Å². The Balaban J connectivity index is 2.95. The van der Waals surface area contributed by atoms with Gasteiger partial charge in [0.15, 0.2) is 0 Å². The first-order valence-corrected chi connectivity index (χ1v) is 11.1. The predicted molar refractivity (Wildman–Crippen MR) is 108 cm³/mol. The molecule has 0 rings (SSSR count). The van der Waals surface area contributed by atoms with Crippen molar-refractivity contribution >= 4 is 12.6 Å². The second-order valence-electron chi connectivity index (χ2n) is 7.28. The maximum absolute atomic E-state index is 9.05. The summed E-state index contributed by atoms with van der Waals surface area (Å²) in [4.78, 5) is 0. The van der Waals surface area contributed by atoms with Crippen molar-refractivity contribution in [2.24, 2.45) is 0 Å². The van der Waals surface area contributed by atoms with Gasteiger partial charge in [-0.2, -0.15) is 0 Å². The summed E-state index contributed by atoms with van der Waals surface area (Å²) in [5.74, 6) is 0. The van der Waals surface area contributed by atoms with Crippen molar-refractivity contribution in [3.05, 3.63) is 0 Å². The van der Waals surface area contributed by atoms with Crippen LogP contribution in [0.5, 0.6) is 0 Å². The van der Waals surface area contributed by atoms with Crippen molar-refractivity contribution in [1.29, 1.82) is 0 Å². The molecule has 2 heteroatoms. The molecular formula is C21H44OS. The molecule has 0 aromatic heterocycles. The fraction of sp³-hybridized carbons (Fsp3) is 1.00. The van der Waals surface area contributed by atoms with Gasteiger partial charge in [0, 0.05) is 0 Å². The molecule has 0 saturated heterocycles. The van der Waals surface area contributed by atoms with Crippen LogP contribution in [0.2, 0.25) is 0 Å². The molecule has 1 atom stereocenters. The molecule has 0 saturated carbocycles. The molecule has 0 aliphatic heterocycles. The number of hydrogen-bond acceptors (Lipinski definition) is 2. The second-order valence-corrected chi connectivity index (χ2v) is 7.88. The van der Waals surface area contributed by atoms with Gasteiger partial charge in [0.2, 0.25) is 0 Å². The standard InChI is InChI=1S/C21H44OS/c1-2-3-4-5-6-7-8-9-10-11-12-13-14-15-16-17-18-19-20-21(22)23/h21-23H,2-20H2,1H3. The summed E-state index contributed by atoms with van der Waals surface area (Å²) in [6.45, 7) is 2.29. The molecule has 0 amide bonds. The average molecular weight is 345 g/mol. The van der Waals surface area contributed by atoms with Crippen LogP contribution in [0.3, 0.4) is 0 Å². The number of unbranched alkanes of at least 4 members (excludes halogenated alkanes) is 17. The van der Waals surface area contributed by atoms with E-state index < -0.39 is 5.44 Å². The van der Waals surface area contributed by atoms with E-state index in [4.69, 9.17) is 5.11 Å². The Labute approximate surface area is 152 Å². The molecular weight excluding hydrogens is 300 g/mol. The largest absolute Gasteiger partial charge is 0.383 e. The second kappa shape index (κ2) is 20.4. The van der Waals surface area contributed by atoms with E-state index in [1.807, 2.05) is 0 Å². The van der Waals surface area contributed by atoms with Crippen molar-refractivity contribution in [3.8, 4) is 0 Å². The number of aliphatic hydroxyl groups excluding tert-OH is 1. The van der Waals surface area contributed by atoms with Gasteiger partial charge < -0.3 is 5.11 Å². The van der Waals surface area contributed by atoms with Crippen LogP contribution in [0.25, 0.3) is 0 Å². The zero-order valence-corrected chi connectivity index (χ0v) is 16.8. The van der Waals surface area contributed by atoms with Gasteiger partial charge in [-0.1, -0.05) is 122 Å². The van der Waals surface area contributed by atoms with Crippen LogP contribution in [0.15, 0.2) is 0 Å². The molecule has 1 unspecified atom stereocenters. The van der Waals surface area contributed by atoms with Crippen LogP contribution >= 0.6 is 12.6 Å². The fourth-order valence-corrected chi connectivity index (χ4v) is 3.41. The minimum absolute atomic E-state index is 0.406. The fourth-order valence-electron chi connectivity index (χ4n) is 3.23. The zero-order chi connectivity index (χ0) is 17.0. The van der Waals surface area contributed by atoms with Gasteiger partial charge in [-0.25, -0.2) is 0 Å². The van der Waals surface area contributed by atoms with Gasteiger partial charge in [0.05, 0.1) is 5.44 Å². The molecule has 0 aromatic rings. The highest BCUT2D eigenvalue weighted by Crippen LogP contribution is 2.14. The van der Waals surface area contributed by atoms with E-state index in [1.54, 1.807) is 0 Å². The summed E-state index contributed by atoms with van der Waals surface area (Å²) >= 11 is 3.99. The monoisotopic (exact) mass is 344 g/mol. The molecule has 0 spiro atoms. The highest BCUT2D eigenvalue weighted by atomic mass is 32.1. The van der Waals surface area contributed by atoms with E-state index in [1.165, 1.54) is 109 Å². The number of rotatable bonds is 19. The minimum atomic E-state index is -0.406. The number of thiol groups is 1. The summed E-state index contributed by atoms with van der Waals surface area (Å²) in [5, 5.41) is 9.05. The Kier molecular flexibility index (Phi) is 20.6. The van der Waals surface area contributed by atoms with Gasteiger partial charge in [-0.3, -0.25) is 0 Å².